The van der Waals surface area contributed by atoms with Gasteiger partial charge in [-0.25, -0.2) is 4.98 Å². The molecule has 0 aromatic carbocycles. The van der Waals surface area contributed by atoms with Crippen LogP contribution in [0, 0.1) is 0 Å². The Morgan fingerprint density at radius 1 is 1.47 bits per heavy atom. The summed E-state index contributed by atoms with van der Waals surface area (Å²) in [6, 6.07) is 0. The number of thiazole rings is 1. The highest BCUT2D eigenvalue weighted by atomic mass is 32.1. The van der Waals surface area contributed by atoms with Gasteiger partial charge in [-0.15, -0.1) is 11.3 Å². The molecule has 1 aliphatic heterocycles. The summed E-state index contributed by atoms with van der Waals surface area (Å²) in [5, 5.41) is 3.12. The predicted molar refractivity (Wildman–Crippen MR) is 77.3 cm³/mol. The fraction of sp³-hybridized carbons (Fsp3) is 0.786. The molecule has 1 saturated heterocycles. The van der Waals surface area contributed by atoms with Crippen molar-refractivity contribution in [2.45, 2.75) is 51.2 Å². The Hall–Kier alpha value is -0.490. The molecule has 1 aromatic heterocycles. The molecule has 5 heteroatoms. The van der Waals surface area contributed by atoms with Crippen molar-refractivity contribution in [2.75, 3.05) is 19.8 Å². The van der Waals surface area contributed by atoms with E-state index in [1.807, 2.05) is 6.92 Å². The van der Waals surface area contributed by atoms with Crippen molar-refractivity contribution in [1.29, 1.82) is 0 Å². The molecule has 1 unspecified atom stereocenters. The predicted octanol–water partition coefficient (Wildman–Crippen LogP) is 2.77. The van der Waals surface area contributed by atoms with Crippen molar-refractivity contribution in [1.82, 2.24) is 4.98 Å². The van der Waals surface area contributed by atoms with E-state index in [0.29, 0.717) is 6.61 Å². The lowest BCUT2D eigenvalue weighted by Crippen LogP contribution is -2.42. The first kappa shape index (κ1) is 14.9. The van der Waals surface area contributed by atoms with Gasteiger partial charge in [0.05, 0.1) is 11.2 Å². The molecule has 0 amide bonds. The van der Waals surface area contributed by atoms with Crippen LogP contribution in [0.2, 0.25) is 0 Å². The number of hydrogen-bond donors (Lipinski definition) is 1. The number of hydrogen-bond acceptors (Lipinski definition) is 5. The van der Waals surface area contributed by atoms with E-state index in [2.05, 4.69) is 19.2 Å². The summed E-state index contributed by atoms with van der Waals surface area (Å²) in [6.45, 7) is 8.39. The van der Waals surface area contributed by atoms with E-state index in [9.17, 15) is 0 Å². The first-order chi connectivity index (χ1) is 9.04. The van der Waals surface area contributed by atoms with E-state index < -0.39 is 0 Å². The average molecular weight is 284 g/mol. The van der Waals surface area contributed by atoms with Crippen molar-refractivity contribution in [3.05, 3.63) is 16.1 Å². The minimum atomic E-state index is -0.326. The second-order valence-electron chi connectivity index (χ2n) is 5.32. The van der Waals surface area contributed by atoms with Gasteiger partial charge in [-0.1, -0.05) is 6.92 Å². The van der Waals surface area contributed by atoms with Crippen LogP contribution in [-0.2, 0) is 20.6 Å². The second-order valence-corrected chi connectivity index (χ2v) is 6.18. The molecule has 2 N–H and O–H groups in total. The number of nitrogens with two attached hydrogens (primary N) is 1. The molecule has 1 fully saturated rings. The molecular formula is C14H24N2O2S. The number of rotatable bonds is 5. The van der Waals surface area contributed by atoms with Crippen molar-refractivity contribution in [2.24, 2.45) is 5.73 Å². The van der Waals surface area contributed by atoms with E-state index in [1.165, 1.54) is 0 Å². The molecule has 2 heterocycles. The Balaban J connectivity index is 2.22. The highest BCUT2D eigenvalue weighted by Crippen LogP contribution is 2.36. The zero-order valence-corrected chi connectivity index (χ0v) is 12.9. The second kappa shape index (κ2) is 5.87. The minimum Gasteiger partial charge on any atom is -0.381 e. The lowest BCUT2D eigenvalue weighted by atomic mass is 9.88. The van der Waals surface area contributed by atoms with Gasteiger partial charge < -0.3 is 15.2 Å². The molecule has 1 aliphatic rings. The number of nitrogens with zero attached hydrogens (tertiary/aromatic N) is 1. The van der Waals surface area contributed by atoms with Crippen molar-refractivity contribution >= 4 is 11.3 Å². The van der Waals surface area contributed by atoms with Crippen LogP contribution >= 0.6 is 11.3 Å². The molecule has 1 aromatic rings. The summed E-state index contributed by atoms with van der Waals surface area (Å²) in [5.74, 6) is 0. The monoisotopic (exact) mass is 284 g/mol. The zero-order chi connectivity index (χ0) is 13.9. The Morgan fingerprint density at radius 3 is 2.74 bits per heavy atom. The third kappa shape index (κ3) is 2.99. The molecule has 1 atom stereocenters. The average Bonchev–Trinajstić information content (AvgIpc) is 2.91. The molecule has 108 valence electrons. The SMILES string of the molecule is CCOC(C)(CC)c1nc(C2(N)CCOCC2)cs1. The van der Waals surface area contributed by atoms with Gasteiger partial charge in [0.1, 0.15) is 10.6 Å². The van der Waals surface area contributed by atoms with Gasteiger partial charge in [0.15, 0.2) is 0 Å². The van der Waals surface area contributed by atoms with Crippen LogP contribution in [0.5, 0.6) is 0 Å². The summed E-state index contributed by atoms with van der Waals surface area (Å²) >= 11 is 1.66. The van der Waals surface area contributed by atoms with E-state index in [0.717, 1.165) is 43.2 Å². The summed E-state index contributed by atoms with van der Waals surface area (Å²) in [5.41, 5.74) is 6.85. The molecule has 4 nitrogen and oxygen atoms in total. The highest BCUT2D eigenvalue weighted by molar-refractivity contribution is 7.09. The molecule has 0 spiro atoms. The molecule has 0 saturated carbocycles. The Bertz CT molecular complexity index is 391. The summed E-state index contributed by atoms with van der Waals surface area (Å²) in [7, 11) is 0. The molecule has 0 aliphatic carbocycles. The van der Waals surface area contributed by atoms with Crippen LogP contribution in [0.3, 0.4) is 0 Å². The molecule has 0 bridgehead atoms. The minimum absolute atomic E-state index is 0.292. The van der Waals surface area contributed by atoms with Crippen LogP contribution in [0.4, 0.5) is 0 Å². The van der Waals surface area contributed by atoms with E-state index in [1.54, 1.807) is 11.3 Å². The van der Waals surface area contributed by atoms with Crippen molar-refractivity contribution in [3.63, 3.8) is 0 Å². The maximum Gasteiger partial charge on any atom is 0.125 e. The standard InChI is InChI=1S/C14H24N2O2S/c1-4-13(3,18-5-2)12-16-11(10-19-12)14(15)6-8-17-9-7-14/h10H,4-9,15H2,1-3H3. The van der Waals surface area contributed by atoms with Gasteiger partial charge in [0.25, 0.3) is 0 Å². The maximum absolute atomic E-state index is 6.48. The first-order valence-corrected chi connectivity index (χ1v) is 7.89. The highest BCUT2D eigenvalue weighted by Gasteiger charge is 2.35. The third-order valence-corrected chi connectivity index (χ3v) is 5.08. The van der Waals surface area contributed by atoms with Crippen LogP contribution in [0.1, 0.15) is 50.7 Å². The molecular weight excluding hydrogens is 260 g/mol. The quantitative estimate of drug-likeness (QED) is 0.903. The van der Waals surface area contributed by atoms with Gasteiger partial charge in [-0.05, 0) is 33.1 Å². The Morgan fingerprint density at radius 2 is 2.16 bits per heavy atom. The topological polar surface area (TPSA) is 57.4 Å². The van der Waals surface area contributed by atoms with Gasteiger partial charge in [-0.2, -0.15) is 0 Å². The molecule has 2 rings (SSSR count). The van der Waals surface area contributed by atoms with Crippen molar-refractivity contribution in [3.8, 4) is 0 Å². The smallest absolute Gasteiger partial charge is 0.125 e. The van der Waals surface area contributed by atoms with Gasteiger partial charge >= 0.3 is 0 Å². The van der Waals surface area contributed by atoms with Crippen LogP contribution in [0.15, 0.2) is 5.38 Å². The summed E-state index contributed by atoms with van der Waals surface area (Å²) in [4.78, 5) is 4.78. The van der Waals surface area contributed by atoms with E-state index in [4.69, 9.17) is 20.2 Å². The Labute approximate surface area is 119 Å². The maximum atomic E-state index is 6.48. The van der Waals surface area contributed by atoms with Crippen LogP contribution in [0.25, 0.3) is 0 Å². The number of ether oxygens (including phenoxy) is 2. The molecule has 19 heavy (non-hydrogen) atoms. The summed E-state index contributed by atoms with van der Waals surface area (Å²) in [6.07, 6.45) is 2.59. The summed E-state index contributed by atoms with van der Waals surface area (Å²) < 4.78 is 11.3. The fourth-order valence-corrected chi connectivity index (χ4v) is 3.48. The third-order valence-electron chi connectivity index (χ3n) is 3.99. The van der Waals surface area contributed by atoms with Gasteiger partial charge in [0, 0.05) is 25.2 Å². The number of aromatic nitrogens is 1. The van der Waals surface area contributed by atoms with Crippen molar-refractivity contribution < 1.29 is 9.47 Å². The molecule has 0 radical (unpaired) electrons. The lowest BCUT2D eigenvalue weighted by molar-refractivity contribution is -0.0327. The van der Waals surface area contributed by atoms with Crippen LogP contribution in [-0.4, -0.2) is 24.8 Å². The Kier molecular flexibility index (Phi) is 4.61. The lowest BCUT2D eigenvalue weighted by Gasteiger charge is -2.32. The first-order valence-electron chi connectivity index (χ1n) is 7.01. The normalized spacial score (nSPS) is 22.1. The van der Waals surface area contributed by atoms with E-state index >= 15 is 0 Å². The van der Waals surface area contributed by atoms with Crippen LogP contribution < -0.4 is 5.73 Å². The van der Waals surface area contributed by atoms with E-state index in [-0.39, 0.29) is 11.1 Å². The largest absolute Gasteiger partial charge is 0.381 e. The zero-order valence-electron chi connectivity index (χ0n) is 12.1. The van der Waals surface area contributed by atoms with Gasteiger partial charge in [0.2, 0.25) is 0 Å². The fourth-order valence-electron chi connectivity index (χ4n) is 2.37. The van der Waals surface area contributed by atoms with Gasteiger partial charge in [-0.3, -0.25) is 0 Å².